The number of anilines is 1. The predicted octanol–water partition coefficient (Wildman–Crippen LogP) is 4.82. The molecule has 132 valence electrons. The molecule has 0 atom stereocenters. The molecule has 3 aromatic carbocycles. The van der Waals surface area contributed by atoms with E-state index in [9.17, 15) is 14.3 Å². The SMILES string of the molecule is Cc1cc(-c2ccc(F)cc2)ccc1CNc1ccc(O)c(C(=O)O)c1. The molecule has 0 unspecified atom stereocenters. The molecule has 0 aliphatic carbocycles. The van der Waals surface area contributed by atoms with Crippen LogP contribution < -0.4 is 5.32 Å². The van der Waals surface area contributed by atoms with E-state index in [2.05, 4.69) is 5.32 Å². The van der Waals surface area contributed by atoms with E-state index < -0.39 is 5.97 Å². The average molecular weight is 351 g/mol. The summed E-state index contributed by atoms with van der Waals surface area (Å²) in [6, 6.07) is 16.7. The van der Waals surface area contributed by atoms with Crippen LogP contribution >= 0.6 is 0 Å². The standard InChI is InChI=1S/C21H18FNO3/c1-13-10-15(14-4-6-17(22)7-5-14)2-3-16(13)12-23-18-8-9-20(24)19(11-18)21(25)26/h2-11,23-24H,12H2,1H3,(H,25,26). The van der Waals surface area contributed by atoms with Crippen LogP contribution in [0, 0.1) is 12.7 Å². The molecule has 26 heavy (non-hydrogen) atoms. The van der Waals surface area contributed by atoms with Gasteiger partial charge in [-0.15, -0.1) is 0 Å². The Morgan fingerprint density at radius 2 is 1.69 bits per heavy atom. The van der Waals surface area contributed by atoms with Gasteiger partial charge in [0.05, 0.1) is 0 Å². The highest BCUT2D eigenvalue weighted by molar-refractivity contribution is 5.92. The Hall–Kier alpha value is -3.34. The lowest BCUT2D eigenvalue weighted by atomic mass is 10.00. The minimum absolute atomic E-state index is 0.140. The molecule has 0 fully saturated rings. The zero-order valence-electron chi connectivity index (χ0n) is 14.2. The molecule has 0 spiro atoms. The summed E-state index contributed by atoms with van der Waals surface area (Å²) in [5.41, 5.74) is 4.54. The molecule has 0 aliphatic heterocycles. The number of hydrogen-bond acceptors (Lipinski definition) is 3. The van der Waals surface area contributed by atoms with Crippen LogP contribution in [0.15, 0.2) is 60.7 Å². The van der Waals surface area contributed by atoms with E-state index >= 15 is 0 Å². The van der Waals surface area contributed by atoms with Crippen molar-refractivity contribution >= 4 is 11.7 Å². The third kappa shape index (κ3) is 3.83. The first kappa shape index (κ1) is 17.5. The summed E-state index contributed by atoms with van der Waals surface area (Å²) in [6.07, 6.45) is 0. The zero-order valence-corrected chi connectivity index (χ0v) is 14.2. The molecule has 3 rings (SSSR count). The molecule has 3 aromatic rings. The number of phenols is 1. The summed E-state index contributed by atoms with van der Waals surface area (Å²) in [5, 5.41) is 21.8. The average Bonchev–Trinajstić information content (AvgIpc) is 2.62. The monoisotopic (exact) mass is 351 g/mol. The number of hydrogen-bond donors (Lipinski definition) is 3. The maximum absolute atomic E-state index is 13.0. The number of aromatic hydroxyl groups is 1. The van der Waals surface area contributed by atoms with Crippen LogP contribution in [-0.4, -0.2) is 16.2 Å². The van der Waals surface area contributed by atoms with Crippen molar-refractivity contribution in [3.63, 3.8) is 0 Å². The first-order valence-corrected chi connectivity index (χ1v) is 8.09. The molecule has 0 aliphatic rings. The van der Waals surface area contributed by atoms with Crippen LogP contribution in [0.25, 0.3) is 11.1 Å². The van der Waals surface area contributed by atoms with Crippen LogP contribution in [0.3, 0.4) is 0 Å². The van der Waals surface area contributed by atoms with Crippen molar-refractivity contribution in [3.8, 4) is 16.9 Å². The molecule has 0 saturated carbocycles. The van der Waals surface area contributed by atoms with Crippen LogP contribution in [0.1, 0.15) is 21.5 Å². The predicted molar refractivity (Wildman–Crippen MR) is 99.0 cm³/mol. The lowest BCUT2D eigenvalue weighted by Crippen LogP contribution is -2.03. The first-order chi connectivity index (χ1) is 12.4. The van der Waals surface area contributed by atoms with Gasteiger partial charge in [0.2, 0.25) is 0 Å². The van der Waals surface area contributed by atoms with Crippen molar-refractivity contribution in [2.45, 2.75) is 13.5 Å². The molecular formula is C21H18FNO3. The van der Waals surface area contributed by atoms with Crippen molar-refractivity contribution < 1.29 is 19.4 Å². The van der Waals surface area contributed by atoms with E-state index in [1.807, 2.05) is 25.1 Å². The number of aromatic carboxylic acids is 1. The Morgan fingerprint density at radius 1 is 1.00 bits per heavy atom. The van der Waals surface area contributed by atoms with Crippen LogP contribution in [0.4, 0.5) is 10.1 Å². The van der Waals surface area contributed by atoms with Crippen LogP contribution in [-0.2, 0) is 6.54 Å². The van der Waals surface area contributed by atoms with Gasteiger partial charge in [-0.3, -0.25) is 0 Å². The third-order valence-electron chi connectivity index (χ3n) is 4.23. The molecule has 0 aromatic heterocycles. The van der Waals surface area contributed by atoms with Crippen LogP contribution in [0.5, 0.6) is 5.75 Å². The number of carbonyl (C=O) groups is 1. The molecule has 0 saturated heterocycles. The lowest BCUT2D eigenvalue weighted by molar-refractivity contribution is 0.0694. The van der Waals surface area contributed by atoms with Crippen LogP contribution in [0.2, 0.25) is 0 Å². The van der Waals surface area contributed by atoms with Gasteiger partial charge in [0.25, 0.3) is 0 Å². The van der Waals surface area contributed by atoms with Crippen molar-refractivity contribution in [1.82, 2.24) is 0 Å². The smallest absolute Gasteiger partial charge is 0.339 e. The summed E-state index contributed by atoms with van der Waals surface area (Å²) in [6.45, 7) is 2.50. The molecule has 3 N–H and O–H groups in total. The summed E-state index contributed by atoms with van der Waals surface area (Å²) < 4.78 is 13.0. The van der Waals surface area contributed by atoms with E-state index in [4.69, 9.17) is 5.11 Å². The molecule has 5 heteroatoms. The fraction of sp³-hybridized carbons (Fsp3) is 0.0952. The van der Waals surface area contributed by atoms with Gasteiger partial charge in [0.15, 0.2) is 0 Å². The van der Waals surface area contributed by atoms with E-state index in [1.54, 1.807) is 18.2 Å². The lowest BCUT2D eigenvalue weighted by Gasteiger charge is -2.12. The summed E-state index contributed by atoms with van der Waals surface area (Å²) >= 11 is 0. The number of halogens is 1. The number of rotatable bonds is 5. The Labute approximate surface area is 150 Å². The van der Waals surface area contributed by atoms with Gasteiger partial charge in [0.1, 0.15) is 17.1 Å². The maximum atomic E-state index is 13.0. The van der Waals surface area contributed by atoms with Crippen molar-refractivity contribution in [2.24, 2.45) is 0 Å². The quantitative estimate of drug-likeness (QED) is 0.577. The maximum Gasteiger partial charge on any atom is 0.339 e. The van der Waals surface area contributed by atoms with Crippen molar-refractivity contribution in [3.05, 3.63) is 83.2 Å². The second-order valence-corrected chi connectivity index (χ2v) is 6.04. The normalized spacial score (nSPS) is 10.5. The van der Waals surface area contributed by atoms with Crippen molar-refractivity contribution in [1.29, 1.82) is 0 Å². The second kappa shape index (κ2) is 7.27. The number of carboxylic acids is 1. The van der Waals surface area contributed by atoms with E-state index in [1.165, 1.54) is 24.3 Å². The molecular weight excluding hydrogens is 333 g/mol. The number of aryl methyl sites for hydroxylation is 1. The topological polar surface area (TPSA) is 69.6 Å². The fourth-order valence-electron chi connectivity index (χ4n) is 2.73. The highest BCUT2D eigenvalue weighted by atomic mass is 19.1. The van der Waals surface area contributed by atoms with E-state index in [-0.39, 0.29) is 17.1 Å². The third-order valence-corrected chi connectivity index (χ3v) is 4.23. The highest BCUT2D eigenvalue weighted by Crippen LogP contribution is 2.25. The molecule has 0 heterocycles. The van der Waals surface area contributed by atoms with Gasteiger partial charge < -0.3 is 15.5 Å². The fourth-order valence-corrected chi connectivity index (χ4v) is 2.73. The van der Waals surface area contributed by atoms with Gasteiger partial charge in [-0.2, -0.15) is 0 Å². The summed E-state index contributed by atoms with van der Waals surface area (Å²) in [5.74, 6) is -1.70. The minimum Gasteiger partial charge on any atom is -0.507 e. The second-order valence-electron chi connectivity index (χ2n) is 6.04. The van der Waals surface area contributed by atoms with Gasteiger partial charge >= 0.3 is 5.97 Å². The van der Waals surface area contributed by atoms with Gasteiger partial charge in [0, 0.05) is 12.2 Å². The molecule has 0 bridgehead atoms. The Morgan fingerprint density at radius 3 is 2.35 bits per heavy atom. The molecule has 4 nitrogen and oxygen atoms in total. The van der Waals surface area contributed by atoms with E-state index in [0.717, 1.165) is 22.3 Å². The number of carboxylic acid groups (broad SMARTS) is 1. The van der Waals surface area contributed by atoms with Gasteiger partial charge in [-0.1, -0.05) is 30.3 Å². The molecule has 0 amide bonds. The summed E-state index contributed by atoms with van der Waals surface area (Å²) in [7, 11) is 0. The molecule has 0 radical (unpaired) electrons. The minimum atomic E-state index is -1.18. The largest absolute Gasteiger partial charge is 0.507 e. The van der Waals surface area contributed by atoms with Gasteiger partial charge in [-0.05, 0) is 59.5 Å². The van der Waals surface area contributed by atoms with E-state index in [0.29, 0.717) is 12.2 Å². The zero-order chi connectivity index (χ0) is 18.7. The number of nitrogens with one attached hydrogen (secondary N) is 1. The Balaban J connectivity index is 1.76. The Bertz CT molecular complexity index is 952. The summed E-state index contributed by atoms with van der Waals surface area (Å²) in [4.78, 5) is 11.1. The highest BCUT2D eigenvalue weighted by Gasteiger charge is 2.10. The first-order valence-electron chi connectivity index (χ1n) is 8.09. The van der Waals surface area contributed by atoms with Crippen molar-refractivity contribution in [2.75, 3.05) is 5.32 Å². The van der Waals surface area contributed by atoms with Gasteiger partial charge in [-0.25, -0.2) is 9.18 Å². The Kier molecular flexibility index (Phi) is 4.89. The number of benzene rings is 3.